The predicted molar refractivity (Wildman–Crippen MR) is 53.8 cm³/mol. The summed E-state index contributed by atoms with van der Waals surface area (Å²) in [5.41, 5.74) is 4.65. The fourth-order valence-corrected chi connectivity index (χ4v) is 1.31. The highest BCUT2D eigenvalue weighted by molar-refractivity contribution is 5.73. The summed E-state index contributed by atoms with van der Waals surface area (Å²) in [4.78, 5) is 9.59. The summed E-state index contributed by atoms with van der Waals surface area (Å²) in [6, 6.07) is 0. The van der Waals surface area contributed by atoms with Gasteiger partial charge in [-0.05, 0) is 5.92 Å². The van der Waals surface area contributed by atoms with Crippen LogP contribution in [-0.2, 0) is 4.79 Å². The van der Waals surface area contributed by atoms with Gasteiger partial charge in [-0.3, -0.25) is 4.79 Å². The molecule has 0 radical (unpaired) electrons. The lowest BCUT2D eigenvalue weighted by Crippen LogP contribution is -2.06. The normalized spacial score (nSPS) is 17.8. The molecule has 74 valence electrons. The van der Waals surface area contributed by atoms with Gasteiger partial charge in [0.2, 0.25) is 5.91 Å². The Morgan fingerprint density at radius 3 is 2.00 bits per heavy atom. The highest BCUT2D eigenvalue weighted by Gasteiger charge is 2.05. The summed E-state index contributed by atoms with van der Waals surface area (Å²) in [5, 5.41) is 0. The second-order valence-corrected chi connectivity index (χ2v) is 3.56. The van der Waals surface area contributed by atoms with Crippen molar-refractivity contribution in [1.82, 2.24) is 0 Å². The number of carbonyl (C=O) groups excluding carboxylic acids is 1. The highest BCUT2D eigenvalue weighted by Crippen LogP contribution is 2.21. The molecule has 1 rings (SSSR count). The molecule has 0 unspecified atom stereocenters. The Hall–Kier alpha value is -0.530. The van der Waals surface area contributed by atoms with Crippen LogP contribution < -0.4 is 5.73 Å². The summed E-state index contributed by atoms with van der Waals surface area (Å²) in [6.45, 7) is 4.08. The van der Waals surface area contributed by atoms with E-state index >= 15 is 0 Å². The van der Waals surface area contributed by atoms with Gasteiger partial charge in [0.05, 0.1) is 0 Å². The maximum absolute atomic E-state index is 9.59. The van der Waals surface area contributed by atoms with Crippen LogP contribution in [-0.4, -0.2) is 5.91 Å². The third-order valence-electron chi connectivity index (χ3n) is 2.24. The molecule has 0 heterocycles. The van der Waals surface area contributed by atoms with Crippen LogP contribution in [0.25, 0.3) is 0 Å². The molecule has 1 saturated carbocycles. The number of amides is 1. The van der Waals surface area contributed by atoms with E-state index < -0.39 is 0 Å². The van der Waals surface area contributed by atoms with Crippen LogP contribution in [0.3, 0.4) is 0 Å². The summed E-state index contributed by atoms with van der Waals surface area (Å²) in [5.74, 6) is 0.791. The monoisotopic (exact) mass is 173 g/mol. The van der Waals surface area contributed by atoms with E-state index in [9.17, 15) is 4.79 Å². The van der Waals surface area contributed by atoms with E-state index in [1.165, 1.54) is 32.1 Å². The molecule has 0 aromatic rings. The molecule has 1 aliphatic rings. The molecule has 0 aromatic carbocycles. The molecular weight excluding hydrogens is 150 g/mol. The van der Waals surface area contributed by atoms with Crippen LogP contribution >= 0.6 is 0 Å². The van der Waals surface area contributed by atoms with Crippen molar-refractivity contribution in [3.8, 4) is 0 Å². The van der Waals surface area contributed by atoms with Gasteiger partial charge < -0.3 is 5.73 Å². The standard InChI is InChI=1S/C7H14.C3H7NO.H2/c1-7-5-3-2-4-6-7;1-2-3(4)5;/h7H,2-6H2,1H3;2H2,1H3,(H2,4,5);1H. The van der Waals surface area contributed by atoms with Crippen LogP contribution in [0.5, 0.6) is 0 Å². The van der Waals surface area contributed by atoms with Gasteiger partial charge in [0.15, 0.2) is 0 Å². The Labute approximate surface area is 77.0 Å². The predicted octanol–water partition coefficient (Wildman–Crippen LogP) is 2.71. The van der Waals surface area contributed by atoms with Crippen LogP contribution in [0.1, 0.15) is 53.8 Å². The van der Waals surface area contributed by atoms with Gasteiger partial charge in [-0.25, -0.2) is 0 Å². The maximum atomic E-state index is 9.59. The molecule has 1 fully saturated rings. The minimum absolute atomic E-state index is 0. The van der Waals surface area contributed by atoms with Gasteiger partial charge in [0.25, 0.3) is 0 Å². The number of carbonyl (C=O) groups is 1. The third-order valence-corrected chi connectivity index (χ3v) is 2.24. The molecule has 0 saturated heterocycles. The lowest BCUT2D eigenvalue weighted by molar-refractivity contribution is -0.117. The van der Waals surface area contributed by atoms with Gasteiger partial charge >= 0.3 is 0 Å². The highest BCUT2D eigenvalue weighted by atomic mass is 16.1. The van der Waals surface area contributed by atoms with Crippen molar-refractivity contribution in [1.29, 1.82) is 0 Å². The van der Waals surface area contributed by atoms with Crippen molar-refractivity contribution in [2.75, 3.05) is 0 Å². The van der Waals surface area contributed by atoms with E-state index in [2.05, 4.69) is 12.7 Å². The fraction of sp³-hybridized carbons (Fsp3) is 0.900. The first-order valence-electron chi connectivity index (χ1n) is 4.95. The average molecular weight is 173 g/mol. The summed E-state index contributed by atoms with van der Waals surface area (Å²) >= 11 is 0. The lowest BCUT2D eigenvalue weighted by atomic mass is 9.91. The van der Waals surface area contributed by atoms with Crippen molar-refractivity contribution >= 4 is 5.91 Å². The molecule has 1 amide bonds. The van der Waals surface area contributed by atoms with E-state index in [1.54, 1.807) is 6.92 Å². The van der Waals surface area contributed by atoms with E-state index in [4.69, 9.17) is 0 Å². The van der Waals surface area contributed by atoms with Crippen molar-refractivity contribution in [3.63, 3.8) is 0 Å². The molecule has 0 aliphatic heterocycles. The first-order valence-corrected chi connectivity index (χ1v) is 4.95. The molecule has 2 heteroatoms. The van der Waals surface area contributed by atoms with Crippen molar-refractivity contribution in [3.05, 3.63) is 0 Å². The van der Waals surface area contributed by atoms with Crippen molar-refractivity contribution in [2.45, 2.75) is 52.4 Å². The van der Waals surface area contributed by atoms with Gasteiger partial charge in [0.1, 0.15) is 0 Å². The van der Waals surface area contributed by atoms with Crippen molar-refractivity contribution in [2.24, 2.45) is 11.7 Å². The third kappa shape index (κ3) is 7.58. The molecule has 2 nitrogen and oxygen atoms in total. The second kappa shape index (κ2) is 7.14. The number of hydrogen-bond donors (Lipinski definition) is 1. The second-order valence-electron chi connectivity index (χ2n) is 3.56. The summed E-state index contributed by atoms with van der Waals surface area (Å²) in [6.07, 6.45) is 7.88. The molecule has 12 heavy (non-hydrogen) atoms. The van der Waals surface area contributed by atoms with Crippen LogP contribution in [0.2, 0.25) is 0 Å². The quantitative estimate of drug-likeness (QED) is 0.651. The van der Waals surface area contributed by atoms with Crippen molar-refractivity contribution < 1.29 is 6.22 Å². The van der Waals surface area contributed by atoms with E-state index in [0.29, 0.717) is 6.42 Å². The lowest BCUT2D eigenvalue weighted by Gasteiger charge is -2.15. The van der Waals surface area contributed by atoms with Gasteiger partial charge in [-0.2, -0.15) is 0 Å². The van der Waals surface area contributed by atoms with Gasteiger partial charge in [-0.15, -0.1) is 0 Å². The molecule has 0 atom stereocenters. The zero-order chi connectivity index (χ0) is 9.40. The van der Waals surface area contributed by atoms with Crippen LogP contribution in [0, 0.1) is 5.92 Å². The summed E-state index contributed by atoms with van der Waals surface area (Å²) in [7, 11) is 0. The smallest absolute Gasteiger partial charge is 0.217 e. The van der Waals surface area contributed by atoms with E-state index in [1.807, 2.05) is 0 Å². The topological polar surface area (TPSA) is 43.1 Å². The fourth-order valence-electron chi connectivity index (χ4n) is 1.31. The van der Waals surface area contributed by atoms with Gasteiger partial charge in [-0.1, -0.05) is 46.0 Å². The van der Waals surface area contributed by atoms with E-state index in [0.717, 1.165) is 5.92 Å². The maximum Gasteiger partial charge on any atom is 0.217 e. The molecule has 2 N–H and O–H groups in total. The first-order chi connectivity index (χ1) is 5.66. The zero-order valence-electron chi connectivity index (χ0n) is 8.31. The average Bonchev–Trinajstić information content (AvgIpc) is 2.07. The van der Waals surface area contributed by atoms with Crippen LogP contribution in [0.4, 0.5) is 0 Å². The Kier molecular flexibility index (Phi) is 6.82. The number of hydrogen-bond acceptors (Lipinski definition) is 1. The Bertz CT molecular complexity index is 122. The summed E-state index contributed by atoms with van der Waals surface area (Å²) < 4.78 is 0. The number of nitrogens with two attached hydrogens (primary N) is 1. The molecule has 0 aromatic heterocycles. The van der Waals surface area contributed by atoms with Gasteiger partial charge in [0, 0.05) is 7.85 Å². The van der Waals surface area contributed by atoms with E-state index in [-0.39, 0.29) is 7.33 Å². The molecule has 1 aliphatic carbocycles. The SMILES string of the molecule is CC1CCCCC1.CCC(N)=O.[HH]. The largest absolute Gasteiger partial charge is 0.370 e. The molecule has 0 spiro atoms. The van der Waals surface area contributed by atoms with Crippen LogP contribution in [0.15, 0.2) is 0 Å². The Morgan fingerprint density at radius 2 is 1.83 bits per heavy atom. The minimum Gasteiger partial charge on any atom is -0.370 e. The molecular formula is C10H23NO. The Balaban J connectivity index is 0. The Morgan fingerprint density at radius 1 is 1.42 bits per heavy atom. The molecule has 0 bridgehead atoms. The minimum atomic E-state index is -0.245. The first kappa shape index (κ1) is 11.5. The number of rotatable bonds is 1. The zero-order valence-corrected chi connectivity index (χ0v) is 8.31. The number of primary amides is 1.